The maximum Gasteiger partial charge on any atom is -0.00945 e. The SMILES string of the molecule is [C]1=C/C=C/C=C\C/C=C/C\1. The number of hydrogen-bond acceptors (Lipinski definition) is 0. The van der Waals surface area contributed by atoms with E-state index in [1.54, 1.807) is 0 Å². The molecule has 0 amide bonds. The van der Waals surface area contributed by atoms with Crippen molar-refractivity contribution in [2.24, 2.45) is 0 Å². The lowest BCUT2D eigenvalue weighted by Gasteiger charge is -1.83. The molecule has 0 spiro atoms. The minimum atomic E-state index is 0.929. The molecule has 0 unspecified atom stereocenters. The van der Waals surface area contributed by atoms with Gasteiger partial charge in [0, 0.05) is 0 Å². The number of allylic oxidation sites excluding steroid dienone is 8. The van der Waals surface area contributed by atoms with Crippen LogP contribution < -0.4 is 0 Å². The lowest BCUT2D eigenvalue weighted by Crippen LogP contribution is -1.63. The van der Waals surface area contributed by atoms with E-state index in [9.17, 15) is 0 Å². The van der Waals surface area contributed by atoms with Crippen molar-refractivity contribution in [3.8, 4) is 0 Å². The van der Waals surface area contributed by atoms with Crippen LogP contribution in [0.1, 0.15) is 12.8 Å². The molecule has 0 bridgehead atoms. The monoisotopic (exact) mass is 131 g/mol. The highest BCUT2D eigenvalue weighted by atomic mass is 13.8. The first-order valence-corrected chi connectivity index (χ1v) is 3.53. The maximum absolute atomic E-state index is 3.12. The standard InChI is InChI=1S/C10H11/c1-2-4-6-8-10-9-7-5-3-1/h1-5,8,10H,6,9H2/b3-1+,4-2-,7-5?,10-8+. The first-order chi connectivity index (χ1) is 5.00. The Hall–Kier alpha value is -1.04. The molecule has 0 atom stereocenters. The Balaban J connectivity index is 2.51. The summed E-state index contributed by atoms with van der Waals surface area (Å²) in [7, 11) is 0. The first-order valence-electron chi connectivity index (χ1n) is 3.53. The van der Waals surface area contributed by atoms with Crippen molar-refractivity contribution in [2.75, 3.05) is 0 Å². The first kappa shape index (κ1) is 7.07. The van der Waals surface area contributed by atoms with E-state index < -0.39 is 0 Å². The van der Waals surface area contributed by atoms with E-state index >= 15 is 0 Å². The highest BCUT2D eigenvalue weighted by Crippen LogP contribution is 1.93. The molecule has 1 radical (unpaired) electrons. The fourth-order valence-electron chi connectivity index (χ4n) is 0.739. The highest BCUT2D eigenvalue weighted by molar-refractivity contribution is 5.12. The molecular weight excluding hydrogens is 120 g/mol. The van der Waals surface area contributed by atoms with E-state index in [-0.39, 0.29) is 0 Å². The average Bonchev–Trinajstić information content (AvgIpc) is 2.01. The van der Waals surface area contributed by atoms with Gasteiger partial charge in [-0.1, -0.05) is 42.5 Å². The molecule has 0 saturated heterocycles. The van der Waals surface area contributed by atoms with Crippen molar-refractivity contribution in [1.82, 2.24) is 0 Å². The molecule has 0 nitrogen and oxygen atoms in total. The van der Waals surface area contributed by atoms with Gasteiger partial charge < -0.3 is 0 Å². The molecule has 0 aromatic rings. The van der Waals surface area contributed by atoms with E-state index in [2.05, 4.69) is 24.3 Å². The summed E-state index contributed by atoms with van der Waals surface area (Å²) in [5.41, 5.74) is 0. The fourth-order valence-corrected chi connectivity index (χ4v) is 0.739. The molecule has 0 aromatic carbocycles. The summed E-state index contributed by atoms with van der Waals surface area (Å²) in [6.07, 6.45) is 19.5. The van der Waals surface area contributed by atoms with E-state index in [1.165, 1.54) is 0 Å². The van der Waals surface area contributed by atoms with Crippen LogP contribution in [-0.4, -0.2) is 0 Å². The Morgan fingerprint density at radius 3 is 2.90 bits per heavy atom. The quantitative estimate of drug-likeness (QED) is 0.443. The molecule has 0 N–H and O–H groups in total. The van der Waals surface area contributed by atoms with Gasteiger partial charge in [-0.05, 0) is 18.9 Å². The van der Waals surface area contributed by atoms with Gasteiger partial charge in [0.25, 0.3) is 0 Å². The molecule has 10 heavy (non-hydrogen) atoms. The van der Waals surface area contributed by atoms with Crippen LogP contribution in [0.5, 0.6) is 0 Å². The molecule has 0 heteroatoms. The molecule has 1 aliphatic carbocycles. The van der Waals surface area contributed by atoms with Crippen LogP contribution in [0.3, 0.4) is 0 Å². The second-order valence-corrected chi connectivity index (χ2v) is 2.10. The van der Waals surface area contributed by atoms with E-state index in [0.717, 1.165) is 12.8 Å². The molecule has 1 rings (SSSR count). The van der Waals surface area contributed by atoms with E-state index in [4.69, 9.17) is 0 Å². The van der Waals surface area contributed by atoms with Crippen LogP contribution in [-0.2, 0) is 0 Å². The topological polar surface area (TPSA) is 0 Å². The summed E-state index contributed by atoms with van der Waals surface area (Å²) >= 11 is 0. The van der Waals surface area contributed by atoms with Crippen LogP contribution >= 0.6 is 0 Å². The summed E-state index contributed by atoms with van der Waals surface area (Å²) in [5.74, 6) is 0. The molecule has 0 aromatic heterocycles. The Morgan fingerprint density at radius 1 is 0.900 bits per heavy atom. The molecule has 0 aliphatic heterocycles. The summed E-state index contributed by atoms with van der Waals surface area (Å²) < 4.78 is 0. The molecule has 0 saturated carbocycles. The zero-order valence-electron chi connectivity index (χ0n) is 5.96. The van der Waals surface area contributed by atoms with Crippen molar-refractivity contribution in [3.05, 3.63) is 48.6 Å². The van der Waals surface area contributed by atoms with Crippen LogP contribution in [0.15, 0.2) is 42.5 Å². The third-order valence-corrected chi connectivity index (χ3v) is 1.25. The van der Waals surface area contributed by atoms with E-state index in [0.29, 0.717) is 0 Å². The number of hydrogen-bond donors (Lipinski definition) is 0. The summed E-state index contributed by atoms with van der Waals surface area (Å²) in [5, 5.41) is 0. The zero-order chi connectivity index (χ0) is 7.07. The van der Waals surface area contributed by atoms with Crippen LogP contribution in [0.4, 0.5) is 0 Å². The fraction of sp³-hybridized carbons (Fsp3) is 0.200. The zero-order valence-corrected chi connectivity index (χ0v) is 5.96. The van der Waals surface area contributed by atoms with Gasteiger partial charge in [0.15, 0.2) is 0 Å². The Labute approximate surface area is 62.3 Å². The Kier molecular flexibility index (Phi) is 3.40. The van der Waals surface area contributed by atoms with E-state index in [1.807, 2.05) is 24.3 Å². The third-order valence-electron chi connectivity index (χ3n) is 1.25. The van der Waals surface area contributed by atoms with Gasteiger partial charge >= 0.3 is 0 Å². The van der Waals surface area contributed by atoms with Gasteiger partial charge in [0.2, 0.25) is 0 Å². The predicted molar refractivity (Wildman–Crippen MR) is 44.5 cm³/mol. The summed E-state index contributed by atoms with van der Waals surface area (Å²) in [6.45, 7) is 0. The highest BCUT2D eigenvalue weighted by Gasteiger charge is 1.73. The van der Waals surface area contributed by atoms with Gasteiger partial charge in [0.05, 0.1) is 0 Å². The summed E-state index contributed by atoms with van der Waals surface area (Å²) in [6, 6.07) is 0. The van der Waals surface area contributed by atoms with Crippen molar-refractivity contribution in [3.63, 3.8) is 0 Å². The van der Waals surface area contributed by atoms with Crippen molar-refractivity contribution in [2.45, 2.75) is 12.8 Å². The van der Waals surface area contributed by atoms with Crippen molar-refractivity contribution >= 4 is 0 Å². The van der Waals surface area contributed by atoms with Gasteiger partial charge in [-0.15, -0.1) is 0 Å². The predicted octanol–water partition coefficient (Wildman–Crippen LogP) is 2.81. The number of rotatable bonds is 0. The normalized spacial score (nSPS) is 30.4. The smallest absolute Gasteiger partial charge is 0.00945 e. The Bertz CT molecular complexity index is 160. The minimum Gasteiger partial charge on any atom is -0.0844 e. The molecule has 0 heterocycles. The van der Waals surface area contributed by atoms with Crippen molar-refractivity contribution in [1.29, 1.82) is 0 Å². The Morgan fingerprint density at radius 2 is 1.90 bits per heavy atom. The summed E-state index contributed by atoms with van der Waals surface area (Å²) in [4.78, 5) is 0. The van der Waals surface area contributed by atoms with Crippen LogP contribution in [0, 0.1) is 6.08 Å². The average molecular weight is 131 g/mol. The third kappa shape index (κ3) is 3.08. The second kappa shape index (κ2) is 4.80. The maximum atomic E-state index is 3.12. The van der Waals surface area contributed by atoms with Crippen LogP contribution in [0.2, 0.25) is 0 Å². The molecule has 0 fully saturated rings. The largest absolute Gasteiger partial charge is 0.0844 e. The second-order valence-electron chi connectivity index (χ2n) is 2.10. The minimum absolute atomic E-state index is 0.929. The molecule has 1 aliphatic rings. The molecule has 51 valence electrons. The lowest BCUT2D eigenvalue weighted by atomic mass is 10.2. The van der Waals surface area contributed by atoms with Gasteiger partial charge in [0.1, 0.15) is 0 Å². The van der Waals surface area contributed by atoms with Crippen molar-refractivity contribution < 1.29 is 0 Å². The van der Waals surface area contributed by atoms with Gasteiger partial charge in [-0.3, -0.25) is 0 Å². The molecular formula is C10H11. The lowest BCUT2D eigenvalue weighted by molar-refractivity contribution is 1.28. The van der Waals surface area contributed by atoms with Crippen LogP contribution in [0.25, 0.3) is 0 Å². The van der Waals surface area contributed by atoms with Gasteiger partial charge in [-0.2, -0.15) is 0 Å². The van der Waals surface area contributed by atoms with Gasteiger partial charge in [-0.25, -0.2) is 0 Å².